The Bertz CT molecular complexity index is 3680. The monoisotopic (exact) mass is 1360 g/mol. The lowest BCUT2D eigenvalue weighted by Gasteiger charge is -2.44. The summed E-state index contributed by atoms with van der Waals surface area (Å²) in [5.74, 6) is -1.83. The fraction of sp³-hybridized carbons (Fsp3) is 0.453. The van der Waals surface area contributed by atoms with Gasteiger partial charge in [-0.3, -0.25) is 24.1 Å². The third kappa shape index (κ3) is 17.4. The van der Waals surface area contributed by atoms with E-state index in [2.05, 4.69) is 26.8 Å². The van der Waals surface area contributed by atoms with Gasteiger partial charge < -0.3 is 48.9 Å². The van der Waals surface area contributed by atoms with Gasteiger partial charge in [-0.05, 0) is 154 Å². The van der Waals surface area contributed by atoms with Gasteiger partial charge in [0, 0.05) is 121 Å². The summed E-state index contributed by atoms with van der Waals surface area (Å²) in [6, 6.07) is 39.2. The van der Waals surface area contributed by atoms with Crippen LogP contribution in [0.4, 0.5) is 46.9 Å². The third-order valence-corrected chi connectivity index (χ3v) is 20.3. The number of likely N-dealkylation sites (tertiary alicyclic amines) is 2. The van der Waals surface area contributed by atoms with Gasteiger partial charge in [0.2, 0.25) is 11.8 Å². The van der Waals surface area contributed by atoms with Crippen molar-refractivity contribution in [1.29, 1.82) is 0 Å². The van der Waals surface area contributed by atoms with E-state index in [9.17, 15) is 59.8 Å². The van der Waals surface area contributed by atoms with Gasteiger partial charge >= 0.3 is 18.4 Å². The molecule has 1 N–H and O–H groups in total. The number of benzene rings is 6. The van der Waals surface area contributed by atoms with Crippen LogP contribution in [0.1, 0.15) is 113 Å². The summed E-state index contributed by atoms with van der Waals surface area (Å²) < 4.78 is 110. The number of unbranched alkanes of at least 4 members (excludes halogenated alkanes) is 2. The zero-order chi connectivity index (χ0) is 69.9. The molecular weight excluding hydrogens is 1270 g/mol. The molecule has 98 heavy (non-hydrogen) atoms. The number of alkyl halides is 6. The second-order valence-electron chi connectivity index (χ2n) is 26.6. The minimum absolute atomic E-state index is 0.0288. The molecule has 0 radical (unpaired) electrons. The minimum atomic E-state index is -5.15. The second kappa shape index (κ2) is 31.6. The van der Waals surface area contributed by atoms with Crippen LogP contribution in [0, 0.1) is 5.82 Å². The highest BCUT2D eigenvalue weighted by Crippen LogP contribution is 2.49. The van der Waals surface area contributed by atoms with Crippen LogP contribution < -0.4 is 9.80 Å². The molecule has 3 saturated heterocycles. The summed E-state index contributed by atoms with van der Waals surface area (Å²) in [6.07, 6.45) is -4.42. The van der Waals surface area contributed by atoms with Gasteiger partial charge in [0.1, 0.15) is 24.8 Å². The first kappa shape index (κ1) is 72.4. The highest BCUT2D eigenvalue weighted by Gasteiger charge is 2.50. The molecule has 0 bridgehead atoms. The third-order valence-electron chi connectivity index (χ3n) is 20.3. The van der Waals surface area contributed by atoms with Crippen molar-refractivity contribution in [2.75, 3.05) is 123 Å². The lowest BCUT2D eigenvalue weighted by atomic mass is 9.72. The van der Waals surface area contributed by atoms with Crippen LogP contribution in [0.25, 0.3) is 11.1 Å². The van der Waals surface area contributed by atoms with Crippen LogP contribution in [0.3, 0.4) is 0 Å². The van der Waals surface area contributed by atoms with Crippen molar-refractivity contribution >= 4 is 41.1 Å². The Kier molecular flexibility index (Phi) is 23.4. The van der Waals surface area contributed by atoms with Crippen LogP contribution >= 0.6 is 0 Å². The maximum absolute atomic E-state index is 14.3. The van der Waals surface area contributed by atoms with E-state index in [1.165, 1.54) is 29.2 Å². The molecule has 3 heterocycles. The molecule has 0 unspecified atom stereocenters. The first-order valence-corrected chi connectivity index (χ1v) is 33.7. The van der Waals surface area contributed by atoms with Gasteiger partial charge in [0.15, 0.2) is 0 Å². The van der Waals surface area contributed by atoms with E-state index < -0.39 is 64.6 Å². The lowest BCUT2D eigenvalue weighted by molar-refractivity contribution is -0.143. The first-order chi connectivity index (χ1) is 46.8. The number of amides is 5. The maximum atomic E-state index is 14.3. The normalized spacial score (nSPS) is 18.2. The molecule has 1 aliphatic carbocycles. The van der Waals surface area contributed by atoms with Crippen LogP contribution in [0.5, 0.6) is 0 Å². The van der Waals surface area contributed by atoms with Crippen molar-refractivity contribution in [3.05, 3.63) is 190 Å². The van der Waals surface area contributed by atoms with Crippen LogP contribution in [0.2, 0.25) is 0 Å². The zero-order valence-corrected chi connectivity index (χ0v) is 56.0. The SMILES string of the molecule is CN(CCN1CCC(N(C(=O)O)c2ccccc2-c2ccccc2)CC1)C(=O)CCCCCN(C)c1ccc(C(=O)N(C)CCCN(C)C(=O)CO[C@H]2Cc3ccccc3C23CCN(CC[C@@]2(c4ccc(F)cc4)CN(C(=O)c4cc(C(F)(F)F)cc(C(F)(F)F)c4)CO2)CC3)cc1. The van der Waals surface area contributed by atoms with Gasteiger partial charge in [-0.2, -0.15) is 26.3 Å². The molecule has 2 atom stereocenters. The summed E-state index contributed by atoms with van der Waals surface area (Å²) in [5, 5.41) is 10.4. The topological polar surface area (TPSA) is 150 Å². The molecule has 1 spiro atoms. The Hall–Kier alpha value is -8.38. The van der Waals surface area contributed by atoms with E-state index in [0.29, 0.717) is 113 Å². The van der Waals surface area contributed by atoms with Crippen molar-refractivity contribution in [3.63, 3.8) is 0 Å². The Labute approximate surface area is 568 Å². The summed E-state index contributed by atoms with van der Waals surface area (Å²) in [5.41, 5.74) is 1.17. The van der Waals surface area contributed by atoms with Gasteiger partial charge in [0.25, 0.3) is 11.8 Å². The first-order valence-electron chi connectivity index (χ1n) is 33.7. The van der Waals surface area contributed by atoms with E-state index in [-0.39, 0.29) is 55.5 Å². The number of rotatable bonds is 26. The molecule has 0 aromatic heterocycles. The number of para-hydroxylation sites is 1. The molecule has 3 aliphatic heterocycles. The number of nitrogens with zero attached hydrogens (tertiary/aromatic N) is 8. The number of carboxylic acid groups (broad SMARTS) is 1. The molecule has 0 saturated carbocycles. The molecule has 6 aromatic rings. The standard InChI is InChI=1S/C75H87F7N8O8/c1-83(36-14-6-9-22-67(91)85(3)44-45-87-39-31-62(32-40-87)90(71(95)96)65-21-13-11-19-63(65)53-16-7-5-8-17-53)61-29-23-54(24-30-61)69(93)86(4)38-15-37-84(2)68(92)50-97-66-48-55-18-10-12-20-64(55)72(66)33-41-88(42-34-72)43-35-73(57-25-27-60(76)28-26-57)51-89(52-98-73)70(94)56-46-58(74(77,78)79)49-59(47-56)75(80,81)82/h5,7-8,10-13,16-21,23-30,46-47,49,62,66H,6,9,14-15,22,31-45,48,50-52H2,1-4H3,(H,95,96)/t66-,73-/m0/s1. The highest BCUT2D eigenvalue weighted by atomic mass is 19.4. The fourth-order valence-electron chi connectivity index (χ4n) is 14.4. The van der Waals surface area contributed by atoms with E-state index in [1.54, 1.807) is 28.8 Å². The largest absolute Gasteiger partial charge is 0.465 e. The molecule has 5 amide bonds. The number of hydrogen-bond donors (Lipinski definition) is 1. The number of likely N-dealkylation sites (N-methyl/N-ethyl adjacent to an activating group) is 2. The van der Waals surface area contributed by atoms with E-state index in [4.69, 9.17) is 9.47 Å². The lowest BCUT2D eigenvalue weighted by Crippen LogP contribution is -2.50. The van der Waals surface area contributed by atoms with Crippen molar-refractivity contribution in [1.82, 2.24) is 29.4 Å². The average Bonchev–Trinajstić information content (AvgIpc) is 1.58. The average molecular weight is 1360 g/mol. The predicted molar refractivity (Wildman–Crippen MR) is 360 cm³/mol. The van der Waals surface area contributed by atoms with Crippen molar-refractivity contribution in [3.8, 4) is 11.1 Å². The number of anilines is 2. The van der Waals surface area contributed by atoms with Crippen molar-refractivity contribution < 1.29 is 69.3 Å². The van der Waals surface area contributed by atoms with E-state index >= 15 is 0 Å². The fourth-order valence-corrected chi connectivity index (χ4v) is 14.4. The van der Waals surface area contributed by atoms with Crippen LogP contribution in [-0.2, 0) is 48.9 Å². The zero-order valence-electron chi connectivity index (χ0n) is 56.0. The second-order valence-corrected chi connectivity index (χ2v) is 26.6. The smallest absolute Gasteiger partial charge is 0.416 e. The highest BCUT2D eigenvalue weighted by molar-refractivity contribution is 5.96. The number of halogens is 7. The molecule has 16 nitrogen and oxygen atoms in total. The van der Waals surface area contributed by atoms with Crippen molar-refractivity contribution in [2.24, 2.45) is 0 Å². The van der Waals surface area contributed by atoms with E-state index in [1.807, 2.05) is 105 Å². The molecule has 4 aliphatic rings. The summed E-state index contributed by atoms with van der Waals surface area (Å²) in [4.78, 5) is 81.1. The number of carbonyl (C=O) groups is 5. The van der Waals surface area contributed by atoms with E-state index in [0.717, 1.165) is 78.3 Å². The summed E-state index contributed by atoms with van der Waals surface area (Å²) >= 11 is 0. The van der Waals surface area contributed by atoms with Gasteiger partial charge in [-0.25, -0.2) is 9.18 Å². The Morgan fingerprint density at radius 1 is 0.633 bits per heavy atom. The maximum Gasteiger partial charge on any atom is 0.416 e. The number of hydrogen-bond acceptors (Lipinski definition) is 10. The quantitative estimate of drug-likeness (QED) is 0.0408. The number of piperidine rings is 2. The Morgan fingerprint density at radius 3 is 1.93 bits per heavy atom. The Morgan fingerprint density at radius 2 is 1.26 bits per heavy atom. The summed E-state index contributed by atoms with van der Waals surface area (Å²) in [7, 11) is 7.31. The van der Waals surface area contributed by atoms with Crippen molar-refractivity contribution in [2.45, 2.75) is 106 Å². The molecule has 524 valence electrons. The van der Waals surface area contributed by atoms with Crippen LogP contribution in [0.15, 0.2) is 146 Å². The number of carbonyl (C=O) groups excluding carboxylic acids is 4. The molecule has 23 heteroatoms. The molecular formula is C75H87F7N8O8. The minimum Gasteiger partial charge on any atom is -0.465 e. The number of fused-ring (bicyclic) bond motifs is 2. The molecule has 3 fully saturated rings. The molecule has 6 aromatic carbocycles. The predicted octanol–water partition coefficient (Wildman–Crippen LogP) is 12.9. The molecule has 10 rings (SSSR count). The Balaban J connectivity index is 0.623. The van der Waals surface area contributed by atoms with Gasteiger partial charge in [-0.1, -0.05) is 91.3 Å². The van der Waals surface area contributed by atoms with Crippen LogP contribution in [-0.4, -0.2) is 190 Å². The van der Waals surface area contributed by atoms with Gasteiger partial charge in [0.05, 0.1) is 29.5 Å². The summed E-state index contributed by atoms with van der Waals surface area (Å²) in [6.45, 7) is 5.23. The number of ether oxygens (including phenoxy) is 2. The van der Waals surface area contributed by atoms with Gasteiger partial charge in [-0.15, -0.1) is 0 Å².